The fourth-order valence-corrected chi connectivity index (χ4v) is 3.16. The summed E-state index contributed by atoms with van der Waals surface area (Å²) in [7, 11) is 0. The molecule has 0 bridgehead atoms. The molecule has 2 aromatic rings. The van der Waals surface area contributed by atoms with Crippen molar-refractivity contribution in [1.29, 1.82) is 0 Å². The fraction of sp³-hybridized carbons (Fsp3) is 0.316. The Morgan fingerprint density at radius 1 is 1.13 bits per heavy atom. The lowest BCUT2D eigenvalue weighted by atomic mass is 9.90. The van der Waals surface area contributed by atoms with Gasteiger partial charge >= 0.3 is 0 Å². The maximum atomic E-state index is 12.9. The normalized spacial score (nSPS) is 21.4. The van der Waals surface area contributed by atoms with Crippen LogP contribution in [0.5, 0.6) is 0 Å². The Morgan fingerprint density at radius 3 is 2.43 bits per heavy atom. The Kier molecular flexibility index (Phi) is 3.96. The van der Waals surface area contributed by atoms with Gasteiger partial charge in [-0.2, -0.15) is 0 Å². The number of hydrogen-bond donors (Lipinski definition) is 2. The van der Waals surface area contributed by atoms with Crippen LogP contribution in [0.1, 0.15) is 30.0 Å². The standard InChI is InChI=1S/C19H21NO3/c1-13-7-9-15(10-8-13)12-20-17-6-4-3-5-16(17)19(23,18(20)22)11-14(2)21/h3-10,14,21,23H,11-12H2,1-2H3/t14-,19+/m1/s1. The zero-order valence-corrected chi connectivity index (χ0v) is 13.4. The maximum Gasteiger partial charge on any atom is 0.264 e. The smallest absolute Gasteiger partial charge is 0.264 e. The summed E-state index contributed by atoms with van der Waals surface area (Å²) >= 11 is 0. The van der Waals surface area contributed by atoms with Crippen molar-refractivity contribution >= 4 is 11.6 Å². The summed E-state index contributed by atoms with van der Waals surface area (Å²) in [5.41, 5.74) is 1.78. The van der Waals surface area contributed by atoms with Crippen LogP contribution < -0.4 is 4.90 Å². The molecule has 0 saturated heterocycles. The van der Waals surface area contributed by atoms with Crippen molar-refractivity contribution < 1.29 is 15.0 Å². The number of anilines is 1. The van der Waals surface area contributed by atoms with E-state index in [2.05, 4.69) is 0 Å². The van der Waals surface area contributed by atoms with E-state index in [1.165, 1.54) is 0 Å². The minimum Gasteiger partial charge on any atom is -0.393 e. The molecule has 2 N–H and O–H groups in total. The molecule has 120 valence electrons. The Balaban J connectivity index is 1.98. The van der Waals surface area contributed by atoms with Crippen molar-refractivity contribution in [3.05, 3.63) is 65.2 Å². The van der Waals surface area contributed by atoms with Crippen molar-refractivity contribution in [2.45, 2.75) is 38.5 Å². The molecule has 0 fully saturated rings. The highest BCUT2D eigenvalue weighted by molar-refractivity contribution is 6.06. The molecule has 2 aromatic carbocycles. The molecule has 1 aliphatic rings. The van der Waals surface area contributed by atoms with E-state index >= 15 is 0 Å². The van der Waals surface area contributed by atoms with Crippen molar-refractivity contribution in [3.8, 4) is 0 Å². The molecule has 1 aliphatic heterocycles. The van der Waals surface area contributed by atoms with E-state index in [0.717, 1.165) is 11.1 Å². The Labute approximate surface area is 136 Å². The zero-order valence-electron chi connectivity index (χ0n) is 13.4. The first kappa shape index (κ1) is 15.7. The summed E-state index contributed by atoms with van der Waals surface area (Å²) in [4.78, 5) is 14.5. The van der Waals surface area contributed by atoms with Crippen molar-refractivity contribution in [2.24, 2.45) is 0 Å². The number of aliphatic hydroxyl groups is 2. The molecule has 3 rings (SSSR count). The molecule has 4 nitrogen and oxygen atoms in total. The molecule has 0 aliphatic carbocycles. The highest BCUT2D eigenvalue weighted by atomic mass is 16.3. The van der Waals surface area contributed by atoms with Crippen molar-refractivity contribution in [1.82, 2.24) is 0 Å². The Hall–Kier alpha value is -2.17. The Morgan fingerprint density at radius 2 is 1.78 bits per heavy atom. The molecule has 0 radical (unpaired) electrons. The minimum absolute atomic E-state index is 0.00670. The topological polar surface area (TPSA) is 60.8 Å². The molecule has 0 spiro atoms. The molecule has 4 heteroatoms. The largest absolute Gasteiger partial charge is 0.393 e. The quantitative estimate of drug-likeness (QED) is 0.912. The van der Waals surface area contributed by atoms with Crippen LogP contribution in [0.4, 0.5) is 5.69 Å². The lowest BCUT2D eigenvalue weighted by molar-refractivity contribution is -0.139. The van der Waals surface area contributed by atoms with Crippen molar-refractivity contribution in [2.75, 3.05) is 4.90 Å². The van der Waals surface area contributed by atoms with E-state index in [-0.39, 0.29) is 12.3 Å². The van der Waals surface area contributed by atoms with Gasteiger partial charge in [-0.05, 0) is 25.5 Å². The van der Waals surface area contributed by atoms with E-state index in [0.29, 0.717) is 17.8 Å². The number of aryl methyl sites for hydroxylation is 1. The maximum absolute atomic E-state index is 12.9. The number of fused-ring (bicyclic) bond motifs is 1. The molecular weight excluding hydrogens is 290 g/mol. The van der Waals surface area contributed by atoms with Gasteiger partial charge in [-0.15, -0.1) is 0 Å². The second-order valence-electron chi connectivity index (χ2n) is 6.31. The van der Waals surface area contributed by atoms with Gasteiger partial charge in [0.05, 0.1) is 18.3 Å². The molecule has 2 atom stereocenters. The van der Waals surface area contributed by atoms with Gasteiger partial charge in [0, 0.05) is 12.0 Å². The number of benzene rings is 2. The molecule has 23 heavy (non-hydrogen) atoms. The van der Waals surface area contributed by atoms with E-state index in [1.807, 2.05) is 43.3 Å². The number of aliphatic hydroxyl groups excluding tert-OH is 1. The molecule has 0 unspecified atom stereocenters. The third-order valence-corrected chi connectivity index (χ3v) is 4.29. The zero-order chi connectivity index (χ0) is 16.6. The third kappa shape index (κ3) is 2.76. The van der Waals surface area contributed by atoms with Gasteiger partial charge in [-0.25, -0.2) is 0 Å². The van der Waals surface area contributed by atoms with Crippen molar-refractivity contribution in [3.63, 3.8) is 0 Å². The highest BCUT2D eigenvalue weighted by Crippen LogP contribution is 2.43. The van der Waals surface area contributed by atoms with Crippen LogP contribution in [0.25, 0.3) is 0 Å². The first-order valence-electron chi connectivity index (χ1n) is 7.79. The van der Waals surface area contributed by atoms with E-state index in [9.17, 15) is 15.0 Å². The predicted octanol–water partition coefficient (Wildman–Crippen LogP) is 2.50. The van der Waals surface area contributed by atoms with E-state index < -0.39 is 11.7 Å². The SMILES string of the molecule is Cc1ccc(CN2C(=O)[C@](O)(C[C@@H](C)O)c3ccccc32)cc1. The summed E-state index contributed by atoms with van der Waals surface area (Å²) in [5.74, 6) is -0.375. The van der Waals surface area contributed by atoms with E-state index in [1.54, 1.807) is 24.0 Å². The van der Waals surface area contributed by atoms with Gasteiger partial charge in [0.25, 0.3) is 5.91 Å². The van der Waals surface area contributed by atoms with Crippen LogP contribution in [-0.2, 0) is 16.9 Å². The summed E-state index contributed by atoms with van der Waals surface area (Å²) in [6, 6.07) is 15.2. The van der Waals surface area contributed by atoms with Crippen LogP contribution in [0.15, 0.2) is 48.5 Å². The van der Waals surface area contributed by atoms with Gasteiger partial charge in [-0.3, -0.25) is 4.79 Å². The molecule has 1 amide bonds. The summed E-state index contributed by atoms with van der Waals surface area (Å²) in [6.45, 7) is 4.00. The fourth-order valence-electron chi connectivity index (χ4n) is 3.16. The lowest BCUT2D eigenvalue weighted by Gasteiger charge is -2.24. The lowest BCUT2D eigenvalue weighted by Crippen LogP contribution is -2.41. The van der Waals surface area contributed by atoms with Gasteiger partial charge in [0.2, 0.25) is 0 Å². The second-order valence-corrected chi connectivity index (χ2v) is 6.31. The summed E-state index contributed by atoms with van der Waals surface area (Å²) in [5, 5.41) is 20.6. The average Bonchev–Trinajstić information content (AvgIpc) is 2.71. The number of carbonyl (C=O) groups is 1. The highest BCUT2D eigenvalue weighted by Gasteiger charge is 2.49. The van der Waals surface area contributed by atoms with E-state index in [4.69, 9.17) is 0 Å². The molecule has 0 saturated carbocycles. The van der Waals surface area contributed by atoms with Crippen LogP contribution in [0.3, 0.4) is 0 Å². The number of rotatable bonds is 4. The summed E-state index contributed by atoms with van der Waals surface area (Å²) < 4.78 is 0. The third-order valence-electron chi connectivity index (χ3n) is 4.29. The van der Waals surface area contributed by atoms with Crippen LogP contribution in [-0.4, -0.2) is 22.2 Å². The molecular formula is C19H21NO3. The second kappa shape index (κ2) is 5.80. The number of para-hydroxylation sites is 1. The van der Waals surface area contributed by atoms with Crippen LogP contribution in [0, 0.1) is 6.92 Å². The molecule has 1 heterocycles. The number of amides is 1. The summed E-state index contributed by atoms with van der Waals surface area (Å²) in [6.07, 6.45) is -0.774. The van der Waals surface area contributed by atoms with Crippen LogP contribution in [0.2, 0.25) is 0 Å². The van der Waals surface area contributed by atoms with Gasteiger partial charge in [0.1, 0.15) is 0 Å². The predicted molar refractivity (Wildman–Crippen MR) is 89.0 cm³/mol. The average molecular weight is 311 g/mol. The first-order chi connectivity index (χ1) is 10.9. The number of nitrogens with zero attached hydrogens (tertiary/aromatic N) is 1. The monoisotopic (exact) mass is 311 g/mol. The Bertz CT molecular complexity index is 724. The number of carbonyl (C=O) groups excluding carboxylic acids is 1. The van der Waals surface area contributed by atoms with Gasteiger partial charge < -0.3 is 15.1 Å². The minimum atomic E-state index is -1.66. The van der Waals surface area contributed by atoms with Gasteiger partial charge in [-0.1, -0.05) is 48.0 Å². The first-order valence-corrected chi connectivity index (χ1v) is 7.79. The molecule has 0 aromatic heterocycles. The van der Waals surface area contributed by atoms with Gasteiger partial charge in [0.15, 0.2) is 5.60 Å². The number of hydrogen-bond acceptors (Lipinski definition) is 3. The van der Waals surface area contributed by atoms with Crippen LogP contribution >= 0.6 is 0 Å².